The van der Waals surface area contributed by atoms with Gasteiger partial charge >= 0.3 is 0 Å². The first kappa shape index (κ1) is 22.5. The standard InChI is InChI=1S/C26H21ClN4O4/c1-33-21-12-16(13-22(34-2)23(21)35-3)24-29-25-20(15-28-31(25)18-9-5-4-6-10-18)26(32)30(24)19-11-7-8-17(27)14-19/h4-15H,1-3H3. The lowest BCUT2D eigenvalue weighted by Crippen LogP contribution is -2.22. The van der Waals surface area contributed by atoms with E-state index in [0.29, 0.717) is 50.4 Å². The summed E-state index contributed by atoms with van der Waals surface area (Å²) in [5, 5.41) is 5.31. The van der Waals surface area contributed by atoms with Gasteiger partial charge in [-0.2, -0.15) is 5.10 Å². The van der Waals surface area contributed by atoms with Crippen LogP contribution in [0.3, 0.4) is 0 Å². The largest absolute Gasteiger partial charge is 0.493 e. The molecule has 0 aliphatic carbocycles. The first-order valence-electron chi connectivity index (χ1n) is 10.7. The number of hydrogen-bond acceptors (Lipinski definition) is 6. The van der Waals surface area contributed by atoms with Crippen molar-refractivity contribution in [1.82, 2.24) is 19.3 Å². The van der Waals surface area contributed by atoms with Crippen LogP contribution >= 0.6 is 11.6 Å². The quantitative estimate of drug-likeness (QED) is 0.337. The number of aromatic nitrogens is 4. The number of para-hydroxylation sites is 1. The summed E-state index contributed by atoms with van der Waals surface area (Å²) in [6.07, 6.45) is 1.53. The monoisotopic (exact) mass is 488 g/mol. The van der Waals surface area contributed by atoms with Gasteiger partial charge in [-0.25, -0.2) is 9.67 Å². The number of ether oxygens (including phenoxy) is 3. The van der Waals surface area contributed by atoms with Gasteiger partial charge in [-0.05, 0) is 42.5 Å². The summed E-state index contributed by atoms with van der Waals surface area (Å²) in [5.74, 6) is 1.67. The van der Waals surface area contributed by atoms with E-state index < -0.39 is 0 Å². The van der Waals surface area contributed by atoms with Gasteiger partial charge in [-0.15, -0.1) is 0 Å². The molecule has 0 unspecified atom stereocenters. The zero-order valence-electron chi connectivity index (χ0n) is 19.2. The van der Waals surface area contributed by atoms with E-state index in [-0.39, 0.29) is 5.56 Å². The van der Waals surface area contributed by atoms with E-state index in [1.807, 2.05) is 30.3 Å². The summed E-state index contributed by atoms with van der Waals surface area (Å²) >= 11 is 6.27. The minimum atomic E-state index is -0.289. The average Bonchev–Trinajstić information content (AvgIpc) is 3.32. The number of benzene rings is 3. The van der Waals surface area contributed by atoms with Crippen LogP contribution in [0.4, 0.5) is 0 Å². The molecule has 176 valence electrons. The Morgan fingerprint density at radius 3 is 2.14 bits per heavy atom. The molecule has 0 radical (unpaired) electrons. The lowest BCUT2D eigenvalue weighted by molar-refractivity contribution is 0.324. The maximum Gasteiger partial charge on any atom is 0.269 e. The molecular formula is C26H21ClN4O4. The van der Waals surface area contributed by atoms with E-state index >= 15 is 0 Å². The molecule has 0 aliphatic heterocycles. The van der Waals surface area contributed by atoms with Gasteiger partial charge < -0.3 is 14.2 Å². The number of methoxy groups -OCH3 is 3. The number of rotatable bonds is 6. The van der Waals surface area contributed by atoms with Gasteiger partial charge in [0.05, 0.1) is 38.9 Å². The highest BCUT2D eigenvalue weighted by molar-refractivity contribution is 6.30. The molecule has 0 bridgehead atoms. The van der Waals surface area contributed by atoms with Crippen molar-refractivity contribution in [2.24, 2.45) is 0 Å². The molecule has 0 fully saturated rings. The summed E-state index contributed by atoms with van der Waals surface area (Å²) in [6, 6.07) is 20.0. The van der Waals surface area contributed by atoms with Gasteiger partial charge in [0.25, 0.3) is 5.56 Å². The lowest BCUT2D eigenvalue weighted by atomic mass is 10.1. The summed E-state index contributed by atoms with van der Waals surface area (Å²) < 4.78 is 19.7. The highest BCUT2D eigenvalue weighted by Gasteiger charge is 2.22. The molecular weight excluding hydrogens is 468 g/mol. The van der Waals surface area contributed by atoms with Crippen molar-refractivity contribution in [1.29, 1.82) is 0 Å². The van der Waals surface area contributed by atoms with Crippen molar-refractivity contribution in [2.75, 3.05) is 21.3 Å². The van der Waals surface area contributed by atoms with Crippen molar-refractivity contribution < 1.29 is 14.2 Å². The van der Waals surface area contributed by atoms with Crippen molar-refractivity contribution in [3.63, 3.8) is 0 Å². The number of halogens is 1. The lowest BCUT2D eigenvalue weighted by Gasteiger charge is -2.17. The summed E-state index contributed by atoms with van der Waals surface area (Å²) in [7, 11) is 4.60. The Labute approximate surface area is 205 Å². The first-order valence-corrected chi connectivity index (χ1v) is 11.1. The van der Waals surface area contributed by atoms with Gasteiger partial charge in [0.2, 0.25) is 5.75 Å². The highest BCUT2D eigenvalue weighted by Crippen LogP contribution is 2.41. The second-order valence-corrected chi connectivity index (χ2v) is 8.04. The number of fused-ring (bicyclic) bond motifs is 1. The van der Waals surface area contributed by atoms with Crippen molar-refractivity contribution in [2.45, 2.75) is 0 Å². The number of hydrogen-bond donors (Lipinski definition) is 0. The van der Waals surface area contributed by atoms with Crippen LogP contribution in [0.15, 0.2) is 77.7 Å². The maximum absolute atomic E-state index is 13.9. The van der Waals surface area contributed by atoms with Gasteiger partial charge in [0.15, 0.2) is 17.1 Å². The fourth-order valence-electron chi connectivity index (χ4n) is 3.98. The third-order valence-electron chi connectivity index (χ3n) is 5.59. The molecule has 0 spiro atoms. The molecule has 5 rings (SSSR count). The Bertz CT molecular complexity index is 1570. The molecule has 0 atom stereocenters. The third kappa shape index (κ3) is 3.87. The van der Waals surface area contributed by atoms with E-state index in [9.17, 15) is 4.79 Å². The fraction of sp³-hybridized carbons (Fsp3) is 0.115. The molecule has 5 aromatic rings. The van der Waals surface area contributed by atoms with E-state index in [4.69, 9.17) is 30.8 Å². The van der Waals surface area contributed by atoms with Crippen LogP contribution in [0, 0.1) is 0 Å². The van der Waals surface area contributed by atoms with Gasteiger partial charge in [-0.3, -0.25) is 9.36 Å². The Balaban J connectivity index is 1.88. The molecule has 3 aromatic carbocycles. The molecule has 2 heterocycles. The molecule has 8 nitrogen and oxygen atoms in total. The van der Waals surface area contributed by atoms with Crippen LogP contribution in [0.1, 0.15) is 0 Å². The van der Waals surface area contributed by atoms with Crippen LogP contribution in [0.25, 0.3) is 33.8 Å². The van der Waals surface area contributed by atoms with E-state index in [1.165, 1.54) is 32.1 Å². The Kier molecular flexibility index (Phi) is 5.88. The van der Waals surface area contributed by atoms with Gasteiger partial charge in [0.1, 0.15) is 11.2 Å². The summed E-state index contributed by atoms with van der Waals surface area (Å²) in [5.41, 5.74) is 2.06. The molecule has 0 saturated heterocycles. The van der Waals surface area contributed by atoms with Gasteiger partial charge in [0, 0.05) is 10.6 Å². The molecule has 0 N–H and O–H groups in total. The zero-order chi connectivity index (χ0) is 24.5. The molecule has 35 heavy (non-hydrogen) atoms. The van der Waals surface area contributed by atoms with Crippen molar-refractivity contribution >= 4 is 22.6 Å². The predicted molar refractivity (Wildman–Crippen MR) is 135 cm³/mol. The highest BCUT2D eigenvalue weighted by atomic mass is 35.5. The first-order chi connectivity index (χ1) is 17.0. The molecule has 0 amide bonds. The van der Waals surface area contributed by atoms with Crippen LogP contribution in [-0.4, -0.2) is 40.7 Å². The van der Waals surface area contributed by atoms with Crippen molar-refractivity contribution in [3.8, 4) is 40.0 Å². The van der Waals surface area contributed by atoms with E-state index in [1.54, 1.807) is 41.1 Å². The van der Waals surface area contributed by atoms with Crippen LogP contribution in [0.2, 0.25) is 5.02 Å². The van der Waals surface area contributed by atoms with Crippen LogP contribution < -0.4 is 19.8 Å². The minimum Gasteiger partial charge on any atom is -0.493 e. The normalized spacial score (nSPS) is 11.0. The fourth-order valence-corrected chi connectivity index (χ4v) is 4.17. The maximum atomic E-state index is 13.9. The Morgan fingerprint density at radius 2 is 1.51 bits per heavy atom. The van der Waals surface area contributed by atoms with E-state index in [0.717, 1.165) is 5.69 Å². The van der Waals surface area contributed by atoms with Crippen LogP contribution in [0.5, 0.6) is 17.2 Å². The molecule has 0 saturated carbocycles. The SMILES string of the molecule is COc1cc(-c2nc3c(cnn3-c3ccccc3)c(=O)n2-c2cccc(Cl)c2)cc(OC)c1OC. The number of nitrogens with zero attached hydrogens (tertiary/aromatic N) is 4. The average molecular weight is 489 g/mol. The van der Waals surface area contributed by atoms with Crippen LogP contribution in [-0.2, 0) is 0 Å². The van der Waals surface area contributed by atoms with Gasteiger partial charge in [-0.1, -0.05) is 35.9 Å². The smallest absolute Gasteiger partial charge is 0.269 e. The predicted octanol–water partition coefficient (Wildman–Crippen LogP) is 4.92. The second-order valence-electron chi connectivity index (χ2n) is 7.60. The Morgan fingerprint density at radius 1 is 0.829 bits per heavy atom. The zero-order valence-corrected chi connectivity index (χ0v) is 20.0. The summed E-state index contributed by atoms with van der Waals surface area (Å²) in [4.78, 5) is 18.8. The molecule has 0 aliphatic rings. The molecule has 9 heteroatoms. The van der Waals surface area contributed by atoms with Crippen molar-refractivity contribution in [3.05, 3.63) is 88.3 Å². The second kappa shape index (κ2) is 9.15. The molecule has 2 aromatic heterocycles. The third-order valence-corrected chi connectivity index (χ3v) is 5.83. The van der Waals surface area contributed by atoms with E-state index in [2.05, 4.69) is 5.10 Å². The topological polar surface area (TPSA) is 80.4 Å². The minimum absolute atomic E-state index is 0.289. The Hall–Kier alpha value is -4.30. The summed E-state index contributed by atoms with van der Waals surface area (Å²) in [6.45, 7) is 0.